The normalized spacial score (nSPS) is 10.9. The summed E-state index contributed by atoms with van der Waals surface area (Å²) < 4.78 is 7.31. The van der Waals surface area contributed by atoms with E-state index in [2.05, 4.69) is 10.4 Å². The molecule has 1 N–H and O–H groups in total. The van der Waals surface area contributed by atoms with Crippen LogP contribution in [0.2, 0.25) is 25.1 Å². The fraction of sp³-hybridized carbons (Fsp3) is 0.0833. The summed E-state index contributed by atoms with van der Waals surface area (Å²) in [5.41, 5.74) is 2.13. The number of carbonyl (C=O) groups is 1. The third kappa shape index (κ3) is 6.17. The van der Waals surface area contributed by atoms with Gasteiger partial charge in [-0.2, -0.15) is 5.10 Å². The fourth-order valence-corrected chi connectivity index (χ4v) is 4.20. The highest BCUT2D eigenvalue weighted by molar-refractivity contribution is 6.36. The van der Waals surface area contributed by atoms with Crippen molar-refractivity contribution in [1.29, 1.82) is 0 Å². The molecule has 0 saturated carbocycles. The van der Waals surface area contributed by atoms with Gasteiger partial charge >= 0.3 is 0 Å². The maximum atomic E-state index is 12.7. The molecule has 3 aromatic carbocycles. The maximum absolute atomic E-state index is 12.7. The standard InChI is InChI=1S/C24H16Cl5N3O2/c25-17-6-5-16(19(27)9-17)11-32-12-21(29)23(31-32)30-24(33)15-3-1-14(2-4-15)13-34-22-8-7-18(26)10-20(22)28/h1-10,12H,11,13H2,(H,30,31,33). The van der Waals surface area contributed by atoms with E-state index >= 15 is 0 Å². The molecular weight excluding hydrogens is 540 g/mol. The summed E-state index contributed by atoms with van der Waals surface area (Å²) in [5, 5.41) is 9.42. The molecule has 0 fully saturated rings. The Morgan fingerprint density at radius 2 is 1.53 bits per heavy atom. The number of hydrogen-bond acceptors (Lipinski definition) is 3. The Morgan fingerprint density at radius 1 is 0.853 bits per heavy atom. The van der Waals surface area contributed by atoms with Gasteiger partial charge in [-0.25, -0.2) is 0 Å². The first-order valence-corrected chi connectivity index (χ1v) is 11.8. The molecule has 0 aliphatic heterocycles. The largest absolute Gasteiger partial charge is 0.487 e. The van der Waals surface area contributed by atoms with Gasteiger partial charge in [0.15, 0.2) is 5.82 Å². The van der Waals surface area contributed by atoms with Crippen LogP contribution in [0.5, 0.6) is 5.75 Å². The molecule has 174 valence electrons. The monoisotopic (exact) mass is 553 g/mol. The second-order valence-corrected chi connectivity index (χ2v) is 9.37. The fourth-order valence-electron chi connectivity index (χ4n) is 3.07. The van der Waals surface area contributed by atoms with E-state index in [0.29, 0.717) is 43.0 Å². The molecule has 4 aromatic rings. The van der Waals surface area contributed by atoms with Crippen LogP contribution < -0.4 is 10.1 Å². The minimum atomic E-state index is -0.343. The van der Waals surface area contributed by atoms with E-state index in [9.17, 15) is 4.79 Å². The maximum Gasteiger partial charge on any atom is 0.256 e. The molecule has 0 aliphatic carbocycles. The molecule has 1 amide bonds. The predicted octanol–water partition coefficient (Wildman–Crippen LogP) is 8.03. The molecule has 4 rings (SSSR count). The van der Waals surface area contributed by atoms with E-state index in [4.69, 9.17) is 62.7 Å². The summed E-state index contributed by atoms with van der Waals surface area (Å²) >= 11 is 30.4. The van der Waals surface area contributed by atoms with E-state index in [-0.39, 0.29) is 18.3 Å². The van der Waals surface area contributed by atoms with Crippen LogP contribution in [0, 0.1) is 0 Å². The van der Waals surface area contributed by atoms with Crippen LogP contribution in [0.4, 0.5) is 5.82 Å². The summed E-state index contributed by atoms with van der Waals surface area (Å²) in [4.78, 5) is 12.7. The van der Waals surface area contributed by atoms with Crippen LogP contribution in [-0.2, 0) is 13.2 Å². The third-order valence-electron chi connectivity index (χ3n) is 4.80. The molecule has 0 atom stereocenters. The number of nitrogens with one attached hydrogen (secondary N) is 1. The predicted molar refractivity (Wildman–Crippen MR) is 138 cm³/mol. The number of hydrogen-bond donors (Lipinski definition) is 1. The van der Waals surface area contributed by atoms with Crippen LogP contribution in [0.15, 0.2) is 66.9 Å². The smallest absolute Gasteiger partial charge is 0.256 e. The first-order valence-electron chi connectivity index (χ1n) is 9.93. The average Bonchev–Trinajstić information content (AvgIpc) is 3.14. The minimum absolute atomic E-state index is 0.251. The van der Waals surface area contributed by atoms with Gasteiger partial charge in [-0.1, -0.05) is 76.2 Å². The van der Waals surface area contributed by atoms with Gasteiger partial charge < -0.3 is 10.1 Å². The molecule has 0 spiro atoms. The van der Waals surface area contributed by atoms with Crippen molar-refractivity contribution in [3.8, 4) is 5.75 Å². The summed E-state index contributed by atoms with van der Waals surface area (Å²) in [6.07, 6.45) is 1.62. The van der Waals surface area contributed by atoms with Crippen LogP contribution >= 0.6 is 58.0 Å². The van der Waals surface area contributed by atoms with Gasteiger partial charge in [0.1, 0.15) is 17.4 Å². The highest BCUT2D eigenvalue weighted by Crippen LogP contribution is 2.28. The topological polar surface area (TPSA) is 56.2 Å². The van der Waals surface area contributed by atoms with Crippen molar-refractivity contribution in [3.05, 3.63) is 109 Å². The Balaban J connectivity index is 1.38. The van der Waals surface area contributed by atoms with E-state index in [1.54, 1.807) is 65.5 Å². The zero-order chi connectivity index (χ0) is 24.2. The number of benzene rings is 3. The van der Waals surface area contributed by atoms with Crippen molar-refractivity contribution < 1.29 is 9.53 Å². The Morgan fingerprint density at radius 3 is 2.21 bits per heavy atom. The number of nitrogens with zero attached hydrogens (tertiary/aromatic N) is 2. The van der Waals surface area contributed by atoms with Gasteiger partial charge in [0.2, 0.25) is 0 Å². The Hall–Kier alpha value is -2.41. The molecule has 0 bridgehead atoms. The summed E-state index contributed by atoms with van der Waals surface area (Å²) in [6.45, 7) is 0.657. The van der Waals surface area contributed by atoms with Gasteiger partial charge in [-0.3, -0.25) is 9.48 Å². The molecule has 0 saturated heterocycles. The Bertz CT molecular complexity index is 1340. The van der Waals surface area contributed by atoms with Crippen molar-refractivity contribution in [1.82, 2.24) is 9.78 Å². The minimum Gasteiger partial charge on any atom is -0.487 e. The van der Waals surface area contributed by atoms with Gasteiger partial charge in [-0.05, 0) is 53.6 Å². The van der Waals surface area contributed by atoms with Crippen LogP contribution in [0.3, 0.4) is 0 Å². The van der Waals surface area contributed by atoms with Gasteiger partial charge in [0.25, 0.3) is 5.91 Å². The number of rotatable bonds is 7. The quantitative estimate of drug-likeness (QED) is 0.251. The lowest BCUT2D eigenvalue weighted by Gasteiger charge is -2.09. The van der Waals surface area contributed by atoms with Crippen LogP contribution in [0.1, 0.15) is 21.5 Å². The van der Waals surface area contributed by atoms with Crippen molar-refractivity contribution in [3.63, 3.8) is 0 Å². The molecular formula is C24H16Cl5N3O2. The number of halogens is 5. The Kier molecular flexibility index (Phi) is 7.91. The van der Waals surface area contributed by atoms with Crippen molar-refractivity contribution >= 4 is 69.7 Å². The van der Waals surface area contributed by atoms with E-state index < -0.39 is 0 Å². The second-order valence-electron chi connectivity index (χ2n) is 7.27. The van der Waals surface area contributed by atoms with E-state index in [1.807, 2.05) is 6.07 Å². The number of aromatic nitrogens is 2. The second kappa shape index (κ2) is 10.9. The highest BCUT2D eigenvalue weighted by atomic mass is 35.5. The van der Waals surface area contributed by atoms with Crippen molar-refractivity contribution in [2.75, 3.05) is 5.32 Å². The zero-order valence-electron chi connectivity index (χ0n) is 17.4. The summed E-state index contributed by atoms with van der Waals surface area (Å²) in [7, 11) is 0. The van der Waals surface area contributed by atoms with Crippen molar-refractivity contribution in [2.45, 2.75) is 13.2 Å². The number of carbonyl (C=O) groups excluding carboxylic acids is 1. The molecule has 1 heterocycles. The highest BCUT2D eigenvalue weighted by Gasteiger charge is 2.14. The van der Waals surface area contributed by atoms with Crippen LogP contribution in [-0.4, -0.2) is 15.7 Å². The lowest BCUT2D eigenvalue weighted by atomic mass is 10.1. The zero-order valence-corrected chi connectivity index (χ0v) is 21.1. The van der Waals surface area contributed by atoms with Gasteiger partial charge in [0, 0.05) is 26.8 Å². The first-order chi connectivity index (χ1) is 16.3. The molecule has 0 aliphatic rings. The van der Waals surface area contributed by atoms with Crippen LogP contribution in [0.25, 0.3) is 0 Å². The number of amides is 1. The summed E-state index contributed by atoms with van der Waals surface area (Å²) in [5.74, 6) is 0.435. The first kappa shape index (κ1) is 24.7. The third-order valence-corrected chi connectivity index (χ3v) is 6.19. The lowest BCUT2D eigenvalue weighted by Crippen LogP contribution is -2.13. The molecule has 0 radical (unpaired) electrons. The van der Waals surface area contributed by atoms with E-state index in [0.717, 1.165) is 11.1 Å². The lowest BCUT2D eigenvalue weighted by molar-refractivity contribution is 0.102. The van der Waals surface area contributed by atoms with Crippen molar-refractivity contribution in [2.24, 2.45) is 0 Å². The number of ether oxygens (including phenoxy) is 1. The molecule has 10 heteroatoms. The SMILES string of the molecule is O=C(Nc1nn(Cc2ccc(Cl)cc2Cl)cc1Cl)c1ccc(COc2ccc(Cl)cc2Cl)cc1. The molecule has 0 unspecified atom stereocenters. The number of anilines is 1. The van der Waals surface area contributed by atoms with E-state index in [1.165, 1.54) is 0 Å². The van der Waals surface area contributed by atoms with Gasteiger partial charge in [-0.15, -0.1) is 0 Å². The molecule has 1 aromatic heterocycles. The molecule has 34 heavy (non-hydrogen) atoms. The average molecular weight is 556 g/mol. The van der Waals surface area contributed by atoms with Gasteiger partial charge in [0.05, 0.1) is 11.6 Å². The Labute approximate surface area is 221 Å². The molecule has 5 nitrogen and oxygen atoms in total. The summed E-state index contributed by atoms with van der Waals surface area (Å²) in [6, 6.07) is 17.2.